The first-order chi connectivity index (χ1) is 23.0. The van der Waals surface area contributed by atoms with Crippen molar-refractivity contribution >= 4 is 59.9 Å². The number of anilines is 5. The quantitative estimate of drug-likeness (QED) is 0.168. The molecule has 0 aliphatic heterocycles. The first-order valence-corrected chi connectivity index (χ1v) is 16.7. The largest absolute Gasteiger partial charge is 0.416 e. The maximum Gasteiger partial charge on any atom is 0.416 e. The molecule has 2 nitrogen and oxygen atoms in total. The molecule has 0 aliphatic carbocycles. The maximum atomic E-state index is 13.1. The van der Waals surface area contributed by atoms with Gasteiger partial charge >= 0.3 is 6.18 Å². The Hall–Kier alpha value is -5.07. The minimum atomic E-state index is -4.36. The van der Waals surface area contributed by atoms with Gasteiger partial charge in [-0.3, -0.25) is 0 Å². The molecule has 0 amide bonds. The molecule has 6 heteroatoms. The molecular formula is C42H35F3N2S. The minimum absolute atomic E-state index is 0.140. The van der Waals surface area contributed by atoms with Gasteiger partial charge in [0.1, 0.15) is 0 Å². The molecule has 0 saturated heterocycles. The van der Waals surface area contributed by atoms with Crippen LogP contribution in [-0.4, -0.2) is 7.05 Å². The lowest BCUT2D eigenvalue weighted by atomic mass is 9.78. The molecule has 0 aliphatic rings. The Morgan fingerprint density at radius 1 is 0.500 bits per heavy atom. The Morgan fingerprint density at radius 3 is 1.54 bits per heavy atom. The van der Waals surface area contributed by atoms with E-state index < -0.39 is 11.7 Å². The topological polar surface area (TPSA) is 6.48 Å². The Kier molecular flexibility index (Phi) is 8.00. The summed E-state index contributed by atoms with van der Waals surface area (Å²) in [6.07, 6.45) is -4.36. The highest BCUT2D eigenvalue weighted by molar-refractivity contribution is 7.25. The molecule has 240 valence electrons. The van der Waals surface area contributed by atoms with Crippen LogP contribution < -0.4 is 9.80 Å². The highest BCUT2D eigenvalue weighted by atomic mass is 32.1. The van der Waals surface area contributed by atoms with Crippen LogP contribution in [0.4, 0.5) is 41.6 Å². The predicted molar refractivity (Wildman–Crippen MR) is 197 cm³/mol. The molecule has 0 bridgehead atoms. The summed E-state index contributed by atoms with van der Waals surface area (Å²) >= 11 is 1.72. The molecule has 0 radical (unpaired) electrons. The van der Waals surface area contributed by atoms with Crippen LogP contribution >= 0.6 is 11.3 Å². The fraction of sp³-hybridized carbons (Fsp3) is 0.143. The van der Waals surface area contributed by atoms with Crippen molar-refractivity contribution in [2.75, 3.05) is 16.8 Å². The van der Waals surface area contributed by atoms with E-state index in [-0.39, 0.29) is 5.41 Å². The SMILES string of the molecule is Cc1ccc(C(C)(C)c2ccc(N(c3ccccc3)c3ccc4c(c3)sc3cc(N(C)c5ccc(C(F)(F)F)cc5)ccc34)cc2)cc1. The highest BCUT2D eigenvalue weighted by Gasteiger charge is 2.30. The van der Waals surface area contributed by atoms with Crippen molar-refractivity contribution in [3.8, 4) is 0 Å². The number of para-hydroxylation sites is 1. The molecule has 6 aromatic carbocycles. The number of aryl methyl sites for hydroxylation is 1. The minimum Gasteiger partial charge on any atom is -0.345 e. The van der Waals surface area contributed by atoms with Crippen molar-refractivity contribution in [3.05, 3.63) is 162 Å². The molecule has 48 heavy (non-hydrogen) atoms. The number of rotatable bonds is 7. The first kappa shape index (κ1) is 31.5. The van der Waals surface area contributed by atoms with E-state index in [0.717, 1.165) is 49.7 Å². The van der Waals surface area contributed by atoms with Crippen molar-refractivity contribution in [3.63, 3.8) is 0 Å². The van der Waals surface area contributed by atoms with Crippen LogP contribution in [0.15, 0.2) is 140 Å². The van der Waals surface area contributed by atoms with Crippen LogP contribution in [0.3, 0.4) is 0 Å². The second-order valence-corrected chi connectivity index (χ2v) is 13.9. The molecule has 0 spiro atoms. The summed E-state index contributed by atoms with van der Waals surface area (Å²) in [5.74, 6) is 0. The van der Waals surface area contributed by atoms with Gasteiger partial charge in [-0.25, -0.2) is 0 Å². The average molecular weight is 657 g/mol. The predicted octanol–water partition coefficient (Wildman–Crippen LogP) is 12.9. The second kappa shape index (κ2) is 12.2. The van der Waals surface area contributed by atoms with Crippen LogP contribution in [-0.2, 0) is 11.6 Å². The molecule has 7 rings (SSSR count). The average Bonchev–Trinajstić information content (AvgIpc) is 3.46. The normalized spacial score (nSPS) is 12.1. The Balaban J connectivity index is 1.23. The standard InChI is InChI=1S/C42H35F3N2S/c1-28-10-12-29(13-11-28)41(2,3)30-14-20-34(21-15-30)47(33-8-6-5-7-9-33)36-23-25-38-37-24-22-35(26-39(37)48-40(38)27-36)46(4)32-18-16-31(17-19-32)42(43,44)45/h5-27H,1-4H3. The first-order valence-electron chi connectivity index (χ1n) is 15.9. The highest BCUT2D eigenvalue weighted by Crippen LogP contribution is 2.43. The Labute approximate surface area is 283 Å². The van der Waals surface area contributed by atoms with Crippen LogP contribution in [0.2, 0.25) is 0 Å². The van der Waals surface area contributed by atoms with Crippen molar-refractivity contribution in [1.82, 2.24) is 0 Å². The van der Waals surface area contributed by atoms with Gasteiger partial charge in [-0.15, -0.1) is 11.3 Å². The molecule has 0 atom stereocenters. The number of thiophene rings is 1. The number of hydrogen-bond acceptors (Lipinski definition) is 3. The maximum absolute atomic E-state index is 13.1. The number of fused-ring (bicyclic) bond motifs is 3. The lowest BCUT2D eigenvalue weighted by Crippen LogP contribution is -2.19. The fourth-order valence-electron chi connectivity index (χ4n) is 6.31. The van der Waals surface area contributed by atoms with Gasteiger partial charge in [0.05, 0.1) is 5.56 Å². The summed E-state index contributed by atoms with van der Waals surface area (Å²) in [5.41, 5.74) is 7.81. The van der Waals surface area contributed by atoms with Gasteiger partial charge in [0.2, 0.25) is 0 Å². The summed E-state index contributed by atoms with van der Waals surface area (Å²) in [4.78, 5) is 4.20. The molecule has 1 heterocycles. The van der Waals surface area contributed by atoms with Gasteiger partial charge in [0, 0.05) is 61.1 Å². The molecule has 0 unspecified atom stereocenters. The zero-order valence-electron chi connectivity index (χ0n) is 27.2. The molecular weight excluding hydrogens is 622 g/mol. The van der Waals surface area contributed by atoms with E-state index in [1.54, 1.807) is 11.3 Å². The molecule has 0 fully saturated rings. The van der Waals surface area contributed by atoms with E-state index in [9.17, 15) is 13.2 Å². The third kappa shape index (κ3) is 5.93. The number of hydrogen-bond donors (Lipinski definition) is 0. The van der Waals surface area contributed by atoms with E-state index in [4.69, 9.17) is 0 Å². The summed E-state index contributed by atoms with van der Waals surface area (Å²) in [6.45, 7) is 6.65. The van der Waals surface area contributed by atoms with Gasteiger partial charge < -0.3 is 9.80 Å². The van der Waals surface area contributed by atoms with Gasteiger partial charge in [0.15, 0.2) is 0 Å². The van der Waals surface area contributed by atoms with E-state index >= 15 is 0 Å². The third-order valence-corrected chi connectivity index (χ3v) is 10.4. The number of nitrogens with zero attached hydrogens (tertiary/aromatic N) is 2. The van der Waals surface area contributed by atoms with E-state index in [1.807, 2.05) is 24.1 Å². The smallest absolute Gasteiger partial charge is 0.345 e. The van der Waals surface area contributed by atoms with Crippen molar-refractivity contribution in [2.45, 2.75) is 32.4 Å². The summed E-state index contributed by atoms with van der Waals surface area (Å²) in [5, 5.41) is 2.32. The Morgan fingerprint density at radius 2 is 0.958 bits per heavy atom. The summed E-state index contributed by atoms with van der Waals surface area (Å²) in [6, 6.07) is 46.2. The lowest BCUT2D eigenvalue weighted by molar-refractivity contribution is -0.137. The van der Waals surface area contributed by atoms with Crippen molar-refractivity contribution in [1.29, 1.82) is 0 Å². The van der Waals surface area contributed by atoms with E-state index in [1.165, 1.54) is 34.2 Å². The van der Waals surface area contributed by atoms with Crippen LogP contribution in [0.5, 0.6) is 0 Å². The number of halogens is 3. The monoisotopic (exact) mass is 656 g/mol. The van der Waals surface area contributed by atoms with Crippen molar-refractivity contribution in [2.24, 2.45) is 0 Å². The summed E-state index contributed by atoms with van der Waals surface area (Å²) < 4.78 is 41.6. The summed E-state index contributed by atoms with van der Waals surface area (Å²) in [7, 11) is 1.88. The fourth-order valence-corrected chi connectivity index (χ4v) is 7.49. The zero-order chi connectivity index (χ0) is 33.6. The van der Waals surface area contributed by atoms with Gasteiger partial charge in [-0.2, -0.15) is 13.2 Å². The van der Waals surface area contributed by atoms with Crippen LogP contribution in [0.25, 0.3) is 20.2 Å². The van der Waals surface area contributed by atoms with Gasteiger partial charge in [-0.05, 0) is 90.8 Å². The van der Waals surface area contributed by atoms with Gasteiger partial charge in [-0.1, -0.05) is 86.1 Å². The van der Waals surface area contributed by atoms with Crippen LogP contribution in [0, 0.1) is 6.92 Å². The van der Waals surface area contributed by atoms with Crippen molar-refractivity contribution < 1.29 is 13.2 Å². The van der Waals surface area contributed by atoms with Gasteiger partial charge in [0.25, 0.3) is 0 Å². The third-order valence-electron chi connectivity index (χ3n) is 9.30. The van der Waals surface area contributed by atoms with E-state index in [0.29, 0.717) is 5.69 Å². The molecule has 1 aromatic heterocycles. The Bertz CT molecular complexity index is 2200. The number of alkyl halides is 3. The zero-order valence-corrected chi connectivity index (χ0v) is 28.0. The number of benzene rings is 6. The van der Waals surface area contributed by atoms with Crippen LogP contribution in [0.1, 0.15) is 36.1 Å². The molecule has 0 N–H and O–H groups in total. The lowest BCUT2D eigenvalue weighted by Gasteiger charge is -2.29. The van der Waals surface area contributed by atoms with E-state index in [2.05, 4.69) is 129 Å². The molecule has 0 saturated carbocycles. The second-order valence-electron chi connectivity index (χ2n) is 12.8. The molecule has 7 aromatic rings.